The maximum Gasteiger partial charge on any atom is 0.160 e. The SMILES string of the molecule is N#Cc1ccc(-c2nc(-c3ccc(F)cc3)cc(-c3cc(-n4c5ccccc5c5cc(-c6ccc7c(c6)c6ccccc6n7-c6ccccc6)ccc54)cc(-n4c5ccccc5c5cc(-c6ccc7c(c6)c6ccccc6n7-c6ccccc6)ccc54)c3)n2)cc1. The summed E-state index contributed by atoms with van der Waals surface area (Å²) in [5, 5.41) is 19.1. The van der Waals surface area contributed by atoms with Crippen molar-refractivity contribution in [1.29, 1.82) is 5.26 Å². The second-order valence-electron chi connectivity index (χ2n) is 23.4. The molecule has 0 N–H and O–H groups in total. The maximum atomic E-state index is 14.6. The summed E-state index contributed by atoms with van der Waals surface area (Å²) >= 11 is 0. The van der Waals surface area contributed by atoms with Crippen LogP contribution in [0, 0.1) is 17.1 Å². The monoisotopic (exact) mass is 1160 g/mol. The Hall–Kier alpha value is -12.4. The summed E-state index contributed by atoms with van der Waals surface area (Å²) in [6.07, 6.45) is 0. The van der Waals surface area contributed by atoms with Crippen LogP contribution >= 0.6 is 0 Å². The van der Waals surface area contributed by atoms with Gasteiger partial charge in [-0.05, 0) is 192 Å². The second-order valence-corrected chi connectivity index (χ2v) is 23.4. The zero-order valence-electron chi connectivity index (χ0n) is 48.9. The molecule has 8 heteroatoms. The topological polar surface area (TPSA) is 69.3 Å². The van der Waals surface area contributed by atoms with Gasteiger partial charge in [-0.3, -0.25) is 0 Å². The first-order chi connectivity index (χ1) is 45.0. The van der Waals surface area contributed by atoms with Crippen molar-refractivity contribution in [2.45, 2.75) is 0 Å². The number of hydrogen-bond donors (Lipinski definition) is 0. The summed E-state index contributed by atoms with van der Waals surface area (Å²) in [6.45, 7) is 0. The number of hydrogen-bond acceptors (Lipinski definition) is 3. The van der Waals surface area contributed by atoms with Crippen molar-refractivity contribution in [2.75, 3.05) is 0 Å². The predicted octanol–water partition coefficient (Wildman–Crippen LogP) is 21.2. The van der Waals surface area contributed by atoms with Gasteiger partial charge < -0.3 is 18.3 Å². The molecule has 0 radical (unpaired) electrons. The molecule has 91 heavy (non-hydrogen) atoms. The number of benzene rings is 13. The van der Waals surface area contributed by atoms with Crippen LogP contribution in [0.15, 0.2) is 303 Å². The smallest absolute Gasteiger partial charge is 0.160 e. The average molecular weight is 1160 g/mol. The van der Waals surface area contributed by atoms with Crippen molar-refractivity contribution in [2.24, 2.45) is 0 Å². The zero-order valence-corrected chi connectivity index (χ0v) is 48.9. The lowest BCUT2D eigenvalue weighted by atomic mass is 10.0. The molecule has 13 aromatic carbocycles. The molecule has 0 aliphatic carbocycles. The van der Waals surface area contributed by atoms with Crippen molar-refractivity contribution >= 4 is 87.2 Å². The molecule has 0 saturated carbocycles. The molecule has 424 valence electrons. The minimum Gasteiger partial charge on any atom is -0.309 e. The van der Waals surface area contributed by atoms with Gasteiger partial charge in [0.05, 0.1) is 67.2 Å². The predicted molar refractivity (Wildman–Crippen MR) is 371 cm³/mol. The van der Waals surface area contributed by atoms with Crippen molar-refractivity contribution in [3.63, 3.8) is 0 Å². The van der Waals surface area contributed by atoms with E-state index >= 15 is 0 Å². The van der Waals surface area contributed by atoms with Crippen LogP contribution in [-0.2, 0) is 0 Å². The van der Waals surface area contributed by atoms with Crippen LogP contribution in [0.3, 0.4) is 0 Å². The summed E-state index contributed by atoms with van der Waals surface area (Å²) < 4.78 is 24.1. The molecule has 5 aromatic heterocycles. The van der Waals surface area contributed by atoms with Gasteiger partial charge in [0.25, 0.3) is 0 Å². The highest BCUT2D eigenvalue weighted by Crippen LogP contribution is 2.43. The molecule has 0 aliphatic rings. The van der Waals surface area contributed by atoms with Gasteiger partial charge in [-0.15, -0.1) is 0 Å². The Morgan fingerprint density at radius 1 is 0.253 bits per heavy atom. The summed E-state index contributed by atoms with van der Waals surface area (Å²) in [5.74, 6) is 0.147. The van der Waals surface area contributed by atoms with Gasteiger partial charge in [0, 0.05) is 82.5 Å². The maximum absolute atomic E-state index is 14.6. The van der Waals surface area contributed by atoms with Crippen molar-refractivity contribution in [3.05, 3.63) is 315 Å². The number of aromatic nitrogens is 6. The van der Waals surface area contributed by atoms with Gasteiger partial charge in [0.2, 0.25) is 0 Å². The Labute approximate surface area is 521 Å². The molecule has 0 amide bonds. The van der Waals surface area contributed by atoms with Gasteiger partial charge in [-0.1, -0.05) is 133 Å². The van der Waals surface area contributed by atoms with E-state index in [2.05, 4.69) is 273 Å². The Morgan fingerprint density at radius 2 is 0.571 bits per heavy atom. The Balaban J connectivity index is 0.845. The molecule has 5 heterocycles. The van der Waals surface area contributed by atoms with Crippen molar-refractivity contribution in [1.82, 2.24) is 28.2 Å². The van der Waals surface area contributed by atoms with E-state index < -0.39 is 0 Å². The molecule has 7 nitrogen and oxygen atoms in total. The summed E-state index contributed by atoms with van der Waals surface area (Å²) in [7, 11) is 0. The Morgan fingerprint density at radius 3 is 0.956 bits per heavy atom. The van der Waals surface area contributed by atoms with Crippen LogP contribution in [0.4, 0.5) is 4.39 Å². The number of nitriles is 1. The molecule has 0 saturated heterocycles. The van der Waals surface area contributed by atoms with Gasteiger partial charge in [0.1, 0.15) is 5.82 Å². The zero-order chi connectivity index (χ0) is 60.3. The first-order valence-electron chi connectivity index (χ1n) is 30.5. The van der Waals surface area contributed by atoms with E-state index in [-0.39, 0.29) is 5.82 Å². The highest BCUT2D eigenvalue weighted by molar-refractivity contribution is 6.15. The third kappa shape index (κ3) is 8.40. The summed E-state index contributed by atoms with van der Waals surface area (Å²) in [5.41, 5.74) is 21.7. The molecule has 0 spiro atoms. The third-order valence-corrected chi connectivity index (χ3v) is 18.2. The molecule has 0 unspecified atom stereocenters. The van der Waals surface area contributed by atoms with Gasteiger partial charge in [-0.25, -0.2) is 14.4 Å². The van der Waals surface area contributed by atoms with E-state index in [0.717, 1.165) is 116 Å². The molecular formula is C83H50FN7. The third-order valence-electron chi connectivity index (χ3n) is 18.2. The Bertz CT molecular complexity index is 5730. The molecule has 18 rings (SSSR count). The molecule has 18 aromatic rings. The van der Waals surface area contributed by atoms with Gasteiger partial charge >= 0.3 is 0 Å². The van der Waals surface area contributed by atoms with E-state index in [1.54, 1.807) is 24.3 Å². The first-order valence-corrected chi connectivity index (χ1v) is 30.5. The standard InChI is InChI=1S/C83H50FN7/c84-60-37-31-53(32-38-60)73-50-74(87-83(86-73)54-29-27-52(51-85)28-30-54)59-43-63(90-77-25-13-9-21-67(77)71-47-57(35-41-81(71)90)55-33-39-79-69(45-55)65-19-7-11-23-75(65)88(79)61-15-3-1-4-16-61)49-64(44-59)91-78-26-14-10-22-68(78)72-48-58(36-42-82(72)91)56-34-40-80-70(46-56)66-20-8-12-24-76(66)89(80)62-17-5-2-6-18-62/h1-50H. The van der Waals surface area contributed by atoms with Crippen LogP contribution in [0.1, 0.15) is 5.56 Å². The van der Waals surface area contributed by atoms with E-state index in [1.807, 2.05) is 18.2 Å². The highest BCUT2D eigenvalue weighted by atomic mass is 19.1. The van der Waals surface area contributed by atoms with Gasteiger partial charge in [0.15, 0.2) is 5.82 Å². The minimum absolute atomic E-state index is 0.333. The van der Waals surface area contributed by atoms with E-state index in [9.17, 15) is 9.65 Å². The molecule has 0 fully saturated rings. The van der Waals surface area contributed by atoms with Crippen LogP contribution in [0.2, 0.25) is 0 Å². The number of para-hydroxylation sites is 6. The summed E-state index contributed by atoms with van der Waals surface area (Å²) in [4.78, 5) is 10.5. The van der Waals surface area contributed by atoms with Crippen LogP contribution in [0.25, 0.3) is 166 Å². The minimum atomic E-state index is -0.333. The van der Waals surface area contributed by atoms with Crippen LogP contribution in [-0.4, -0.2) is 28.2 Å². The molecule has 0 bridgehead atoms. The van der Waals surface area contributed by atoms with Gasteiger partial charge in [-0.2, -0.15) is 5.26 Å². The largest absolute Gasteiger partial charge is 0.309 e. The lowest BCUT2D eigenvalue weighted by Crippen LogP contribution is -2.02. The second kappa shape index (κ2) is 20.6. The quantitative estimate of drug-likeness (QED) is 0.145. The molecule has 0 aliphatic heterocycles. The fourth-order valence-corrected chi connectivity index (χ4v) is 14.1. The van der Waals surface area contributed by atoms with Crippen LogP contribution in [0.5, 0.6) is 0 Å². The number of nitrogens with zero attached hydrogens (tertiary/aromatic N) is 7. The lowest BCUT2D eigenvalue weighted by molar-refractivity contribution is 0.628. The first kappa shape index (κ1) is 51.8. The van der Waals surface area contributed by atoms with Crippen molar-refractivity contribution in [3.8, 4) is 85.0 Å². The fourth-order valence-electron chi connectivity index (χ4n) is 14.1. The molecule has 0 atom stereocenters. The Kier molecular flexibility index (Phi) is 11.7. The van der Waals surface area contributed by atoms with E-state index in [1.165, 1.54) is 44.7 Å². The lowest BCUT2D eigenvalue weighted by Gasteiger charge is -2.17. The van der Waals surface area contributed by atoms with E-state index in [0.29, 0.717) is 22.8 Å². The van der Waals surface area contributed by atoms with E-state index in [4.69, 9.17) is 9.97 Å². The number of halogens is 1. The number of rotatable bonds is 9. The summed E-state index contributed by atoms with van der Waals surface area (Å²) in [6, 6.07) is 108. The fraction of sp³-hybridized carbons (Fsp3) is 0. The van der Waals surface area contributed by atoms with Crippen LogP contribution < -0.4 is 0 Å². The highest BCUT2D eigenvalue weighted by Gasteiger charge is 2.22. The number of fused-ring (bicyclic) bond motifs is 12. The average Bonchev–Trinajstić information content (AvgIpc) is 2.45. The van der Waals surface area contributed by atoms with Crippen molar-refractivity contribution < 1.29 is 4.39 Å². The normalized spacial score (nSPS) is 11.8. The molecular weight excluding hydrogens is 1110 g/mol.